The molecule has 0 aromatic carbocycles. The van der Waals surface area contributed by atoms with Crippen molar-refractivity contribution in [2.45, 2.75) is 44.6 Å². The second-order valence-corrected chi connectivity index (χ2v) is 5.55. The van der Waals surface area contributed by atoms with E-state index in [4.69, 9.17) is 0 Å². The molecule has 0 N–H and O–H groups in total. The SMILES string of the molecule is CCc1cnc2c(c1)CN(CC(F)F)CC21CC1. The largest absolute Gasteiger partial charge is 0.292 e. The summed E-state index contributed by atoms with van der Waals surface area (Å²) in [5.74, 6) is 0. The predicted octanol–water partition coefficient (Wildman–Crippen LogP) is 2.76. The number of rotatable bonds is 3. The maximum atomic E-state index is 12.6. The average Bonchev–Trinajstić information content (AvgIpc) is 3.07. The number of aryl methyl sites for hydroxylation is 1. The molecule has 4 heteroatoms. The van der Waals surface area contributed by atoms with Gasteiger partial charge >= 0.3 is 0 Å². The van der Waals surface area contributed by atoms with Crippen molar-refractivity contribution in [3.8, 4) is 0 Å². The molecule has 1 fully saturated rings. The van der Waals surface area contributed by atoms with Crippen molar-refractivity contribution in [3.63, 3.8) is 0 Å². The quantitative estimate of drug-likeness (QED) is 0.822. The van der Waals surface area contributed by atoms with Crippen LogP contribution < -0.4 is 0 Å². The zero-order valence-electron chi connectivity index (χ0n) is 10.6. The lowest BCUT2D eigenvalue weighted by Crippen LogP contribution is -2.40. The highest BCUT2D eigenvalue weighted by molar-refractivity contribution is 5.38. The van der Waals surface area contributed by atoms with E-state index in [1.54, 1.807) is 0 Å². The van der Waals surface area contributed by atoms with E-state index in [1.807, 2.05) is 11.1 Å². The van der Waals surface area contributed by atoms with Crippen molar-refractivity contribution in [2.75, 3.05) is 13.1 Å². The number of alkyl halides is 2. The second-order valence-electron chi connectivity index (χ2n) is 5.55. The Kier molecular flexibility index (Phi) is 2.85. The van der Waals surface area contributed by atoms with Gasteiger partial charge in [-0.25, -0.2) is 8.78 Å². The standard InChI is InChI=1S/C14H18F2N2/c1-2-10-5-11-7-18(8-12(15)16)9-14(3-4-14)13(11)17-6-10/h5-6,12H,2-4,7-9H2,1H3. The molecule has 0 saturated heterocycles. The van der Waals surface area contributed by atoms with Crippen LogP contribution in [0.3, 0.4) is 0 Å². The summed E-state index contributed by atoms with van der Waals surface area (Å²) in [5.41, 5.74) is 3.63. The minimum atomic E-state index is -2.25. The summed E-state index contributed by atoms with van der Waals surface area (Å²) in [6, 6.07) is 2.15. The van der Waals surface area contributed by atoms with Gasteiger partial charge in [-0.05, 0) is 30.4 Å². The maximum absolute atomic E-state index is 12.6. The molecule has 0 unspecified atom stereocenters. The molecule has 2 aliphatic rings. The van der Waals surface area contributed by atoms with Gasteiger partial charge in [0.25, 0.3) is 6.43 Å². The van der Waals surface area contributed by atoms with Crippen molar-refractivity contribution in [1.29, 1.82) is 0 Å². The molecule has 0 atom stereocenters. The Hall–Kier alpha value is -1.03. The normalized spacial score (nSPS) is 21.3. The van der Waals surface area contributed by atoms with Gasteiger partial charge < -0.3 is 0 Å². The molecule has 1 aliphatic carbocycles. The van der Waals surface area contributed by atoms with E-state index in [1.165, 1.54) is 16.8 Å². The lowest BCUT2D eigenvalue weighted by atomic mass is 9.91. The number of aromatic nitrogens is 1. The molecule has 2 heterocycles. The van der Waals surface area contributed by atoms with E-state index in [0.717, 1.165) is 25.8 Å². The summed E-state index contributed by atoms with van der Waals surface area (Å²) in [7, 11) is 0. The Labute approximate surface area is 106 Å². The zero-order valence-corrected chi connectivity index (χ0v) is 10.6. The van der Waals surface area contributed by atoms with Crippen LogP contribution in [0.5, 0.6) is 0 Å². The first kappa shape index (κ1) is 12.0. The van der Waals surface area contributed by atoms with Gasteiger partial charge in [0.2, 0.25) is 0 Å². The molecule has 18 heavy (non-hydrogen) atoms. The van der Waals surface area contributed by atoms with Gasteiger partial charge in [0.05, 0.1) is 12.2 Å². The predicted molar refractivity (Wildman–Crippen MR) is 65.8 cm³/mol. The van der Waals surface area contributed by atoms with E-state index in [-0.39, 0.29) is 12.0 Å². The van der Waals surface area contributed by atoms with Gasteiger partial charge in [0.1, 0.15) is 0 Å². The smallest absolute Gasteiger partial charge is 0.251 e. The number of fused-ring (bicyclic) bond motifs is 2. The van der Waals surface area contributed by atoms with Crippen molar-refractivity contribution in [2.24, 2.45) is 0 Å². The Bertz CT molecular complexity index is 455. The highest BCUT2D eigenvalue weighted by atomic mass is 19.3. The summed E-state index contributed by atoms with van der Waals surface area (Å²) >= 11 is 0. The minimum absolute atomic E-state index is 0.0920. The monoisotopic (exact) mass is 252 g/mol. The molecule has 2 nitrogen and oxygen atoms in total. The Morgan fingerprint density at radius 1 is 1.44 bits per heavy atom. The number of pyridine rings is 1. The van der Waals surface area contributed by atoms with Crippen LogP contribution in [0.2, 0.25) is 0 Å². The minimum Gasteiger partial charge on any atom is -0.292 e. The fraction of sp³-hybridized carbons (Fsp3) is 0.643. The van der Waals surface area contributed by atoms with E-state index in [0.29, 0.717) is 6.54 Å². The van der Waals surface area contributed by atoms with Crippen LogP contribution in [0.1, 0.15) is 36.6 Å². The number of halogens is 2. The average molecular weight is 252 g/mol. The molecular formula is C14H18F2N2. The highest BCUT2D eigenvalue weighted by Crippen LogP contribution is 2.51. The summed E-state index contributed by atoms with van der Waals surface area (Å²) < 4.78 is 25.1. The first-order chi connectivity index (χ1) is 8.63. The molecule has 3 rings (SSSR count). The van der Waals surface area contributed by atoms with Gasteiger partial charge in [-0.1, -0.05) is 13.0 Å². The molecule has 1 spiro atoms. The second kappa shape index (κ2) is 4.26. The van der Waals surface area contributed by atoms with Crippen LogP contribution in [0, 0.1) is 0 Å². The first-order valence-corrected chi connectivity index (χ1v) is 6.62. The van der Waals surface area contributed by atoms with E-state index >= 15 is 0 Å². The van der Waals surface area contributed by atoms with Gasteiger partial charge in [-0.2, -0.15) is 0 Å². The summed E-state index contributed by atoms with van der Waals surface area (Å²) in [6.07, 6.45) is 2.84. The van der Waals surface area contributed by atoms with Crippen LogP contribution in [-0.2, 0) is 18.4 Å². The molecule has 1 saturated carbocycles. The lowest BCUT2D eigenvalue weighted by Gasteiger charge is -2.34. The third-order valence-electron chi connectivity index (χ3n) is 4.10. The Morgan fingerprint density at radius 3 is 2.83 bits per heavy atom. The van der Waals surface area contributed by atoms with Crippen LogP contribution in [0.15, 0.2) is 12.3 Å². The van der Waals surface area contributed by atoms with Gasteiger partial charge in [-0.3, -0.25) is 9.88 Å². The molecule has 1 aromatic rings. The molecular weight excluding hydrogens is 234 g/mol. The van der Waals surface area contributed by atoms with Crippen LogP contribution >= 0.6 is 0 Å². The first-order valence-electron chi connectivity index (χ1n) is 6.62. The highest BCUT2D eigenvalue weighted by Gasteiger charge is 2.50. The fourth-order valence-corrected chi connectivity index (χ4v) is 3.02. The Balaban J connectivity index is 1.91. The third kappa shape index (κ3) is 2.03. The van der Waals surface area contributed by atoms with Crippen molar-refractivity contribution >= 4 is 0 Å². The number of hydrogen-bond acceptors (Lipinski definition) is 2. The van der Waals surface area contributed by atoms with E-state index in [2.05, 4.69) is 18.0 Å². The zero-order chi connectivity index (χ0) is 12.8. The third-order valence-corrected chi connectivity index (χ3v) is 4.10. The fourth-order valence-electron chi connectivity index (χ4n) is 3.02. The van der Waals surface area contributed by atoms with Crippen molar-refractivity contribution in [1.82, 2.24) is 9.88 Å². The summed E-state index contributed by atoms with van der Waals surface area (Å²) in [5, 5.41) is 0. The van der Waals surface area contributed by atoms with E-state index < -0.39 is 6.43 Å². The van der Waals surface area contributed by atoms with Crippen molar-refractivity contribution < 1.29 is 8.78 Å². The topological polar surface area (TPSA) is 16.1 Å². The number of hydrogen-bond donors (Lipinski definition) is 0. The molecule has 98 valence electrons. The lowest BCUT2D eigenvalue weighted by molar-refractivity contribution is 0.0742. The molecule has 0 amide bonds. The van der Waals surface area contributed by atoms with Crippen molar-refractivity contribution in [3.05, 3.63) is 29.1 Å². The van der Waals surface area contributed by atoms with Gasteiger partial charge in [0, 0.05) is 24.7 Å². The molecule has 0 bridgehead atoms. The van der Waals surface area contributed by atoms with Crippen LogP contribution in [0.25, 0.3) is 0 Å². The van der Waals surface area contributed by atoms with Crippen LogP contribution in [0.4, 0.5) is 8.78 Å². The van der Waals surface area contributed by atoms with E-state index in [9.17, 15) is 8.78 Å². The molecule has 0 radical (unpaired) electrons. The maximum Gasteiger partial charge on any atom is 0.251 e. The molecule has 1 aliphatic heterocycles. The van der Waals surface area contributed by atoms with Gasteiger partial charge in [0.15, 0.2) is 0 Å². The van der Waals surface area contributed by atoms with Gasteiger partial charge in [-0.15, -0.1) is 0 Å². The molecule has 1 aromatic heterocycles. The summed E-state index contributed by atoms with van der Waals surface area (Å²) in [6.45, 7) is 3.36. The van der Waals surface area contributed by atoms with Crippen LogP contribution in [-0.4, -0.2) is 29.4 Å². The Morgan fingerprint density at radius 2 is 2.22 bits per heavy atom. The summed E-state index contributed by atoms with van der Waals surface area (Å²) in [4.78, 5) is 6.49. The number of nitrogens with zero attached hydrogens (tertiary/aromatic N) is 2.